The third-order valence-corrected chi connectivity index (χ3v) is 5.37. The van der Waals surface area contributed by atoms with Gasteiger partial charge in [-0.05, 0) is 48.5 Å². The average Bonchev–Trinajstić information content (AvgIpc) is 3.20. The summed E-state index contributed by atoms with van der Waals surface area (Å²) >= 11 is 9.40. The summed E-state index contributed by atoms with van der Waals surface area (Å²) in [7, 11) is 0. The van der Waals surface area contributed by atoms with Crippen LogP contribution in [-0.2, 0) is 9.59 Å². The highest BCUT2D eigenvalue weighted by Crippen LogP contribution is 2.33. The van der Waals surface area contributed by atoms with Gasteiger partial charge in [-0.1, -0.05) is 27.5 Å². The molecule has 1 saturated heterocycles. The second-order valence-corrected chi connectivity index (χ2v) is 7.88. The third kappa shape index (κ3) is 4.05. The SMILES string of the molecule is O=C1NC(=O)N(c2ccc(Br)cc2)C(=O)/C1=C\c1ccc(-c2ccc([N+](=O)[O-])cc2Cl)o1. The van der Waals surface area contributed by atoms with Gasteiger partial charge >= 0.3 is 6.03 Å². The predicted octanol–water partition coefficient (Wildman–Crippen LogP) is 4.94. The van der Waals surface area contributed by atoms with Gasteiger partial charge < -0.3 is 4.42 Å². The topological polar surface area (TPSA) is 123 Å². The molecule has 11 heteroatoms. The van der Waals surface area contributed by atoms with Crippen LogP contribution >= 0.6 is 27.5 Å². The first-order valence-electron chi connectivity index (χ1n) is 8.96. The highest BCUT2D eigenvalue weighted by molar-refractivity contribution is 9.10. The number of rotatable bonds is 4. The number of nitrogens with one attached hydrogen (secondary N) is 1. The first-order valence-corrected chi connectivity index (χ1v) is 10.1. The van der Waals surface area contributed by atoms with Crippen molar-refractivity contribution in [2.45, 2.75) is 0 Å². The fourth-order valence-corrected chi connectivity index (χ4v) is 3.55. The molecule has 2 heterocycles. The van der Waals surface area contributed by atoms with Crippen LogP contribution in [0.4, 0.5) is 16.2 Å². The molecule has 3 aromatic rings. The number of amides is 4. The van der Waals surface area contributed by atoms with Crippen molar-refractivity contribution >= 4 is 62.8 Å². The van der Waals surface area contributed by atoms with Gasteiger partial charge in [-0.2, -0.15) is 0 Å². The number of carbonyl (C=O) groups is 3. The zero-order valence-electron chi connectivity index (χ0n) is 15.9. The van der Waals surface area contributed by atoms with Gasteiger partial charge in [0.2, 0.25) is 0 Å². The molecule has 4 rings (SSSR count). The summed E-state index contributed by atoms with van der Waals surface area (Å²) in [6.45, 7) is 0. The molecule has 1 aromatic heterocycles. The van der Waals surface area contributed by atoms with Gasteiger partial charge in [-0.25, -0.2) is 9.69 Å². The average molecular weight is 517 g/mol. The van der Waals surface area contributed by atoms with Crippen molar-refractivity contribution in [1.82, 2.24) is 5.32 Å². The van der Waals surface area contributed by atoms with Gasteiger partial charge in [-0.3, -0.25) is 25.0 Å². The van der Waals surface area contributed by atoms with Crippen LogP contribution in [0.2, 0.25) is 5.02 Å². The van der Waals surface area contributed by atoms with E-state index in [1.807, 2.05) is 0 Å². The van der Waals surface area contributed by atoms with E-state index in [9.17, 15) is 24.5 Å². The number of carbonyl (C=O) groups excluding carboxylic acids is 3. The Kier molecular flexibility index (Phi) is 5.64. The lowest BCUT2D eigenvalue weighted by molar-refractivity contribution is -0.384. The van der Waals surface area contributed by atoms with Gasteiger partial charge in [0.1, 0.15) is 17.1 Å². The van der Waals surface area contributed by atoms with Gasteiger partial charge in [-0.15, -0.1) is 0 Å². The third-order valence-electron chi connectivity index (χ3n) is 4.53. The molecule has 2 aromatic carbocycles. The fourth-order valence-electron chi connectivity index (χ4n) is 3.02. The number of nitro groups is 1. The van der Waals surface area contributed by atoms with Gasteiger partial charge in [0.25, 0.3) is 17.5 Å². The molecule has 0 radical (unpaired) electrons. The summed E-state index contributed by atoms with van der Waals surface area (Å²) in [5.74, 6) is -1.24. The molecule has 9 nitrogen and oxygen atoms in total. The standard InChI is InChI=1S/C21H11BrClN3O6/c22-11-1-3-12(4-2-11)25-20(28)16(19(27)24-21(25)29)10-14-6-8-18(32-14)15-7-5-13(26(30)31)9-17(15)23/h1-10H,(H,24,27,29)/b16-10-. The van der Waals surface area contributed by atoms with Crippen LogP contribution in [0, 0.1) is 10.1 Å². The van der Waals surface area contributed by atoms with E-state index >= 15 is 0 Å². The van der Waals surface area contributed by atoms with Gasteiger partial charge in [0, 0.05) is 22.2 Å². The minimum atomic E-state index is -0.864. The van der Waals surface area contributed by atoms with Crippen molar-refractivity contribution < 1.29 is 23.7 Å². The Balaban J connectivity index is 1.66. The van der Waals surface area contributed by atoms with Crippen LogP contribution in [0.1, 0.15) is 5.76 Å². The largest absolute Gasteiger partial charge is 0.457 e. The van der Waals surface area contributed by atoms with E-state index in [0.717, 1.165) is 9.37 Å². The van der Waals surface area contributed by atoms with E-state index in [1.54, 1.807) is 30.3 Å². The number of hydrogen-bond donors (Lipinski definition) is 1. The highest BCUT2D eigenvalue weighted by Gasteiger charge is 2.37. The number of urea groups is 1. The second kappa shape index (κ2) is 8.40. The smallest absolute Gasteiger partial charge is 0.335 e. The molecule has 1 aliphatic heterocycles. The first kappa shape index (κ1) is 21.5. The summed E-state index contributed by atoms with van der Waals surface area (Å²) in [5.41, 5.74) is 0.206. The number of anilines is 1. The normalized spacial score (nSPS) is 15.2. The molecule has 0 aliphatic carbocycles. The van der Waals surface area contributed by atoms with E-state index in [4.69, 9.17) is 16.0 Å². The van der Waals surface area contributed by atoms with Crippen LogP contribution in [0.5, 0.6) is 0 Å². The Morgan fingerprint density at radius 3 is 2.44 bits per heavy atom. The van der Waals surface area contributed by atoms with Gasteiger partial charge in [0.05, 0.1) is 15.6 Å². The zero-order chi connectivity index (χ0) is 23.0. The highest BCUT2D eigenvalue weighted by atomic mass is 79.9. The molecule has 1 aliphatic rings. The van der Waals surface area contributed by atoms with Crippen LogP contribution in [-0.4, -0.2) is 22.8 Å². The van der Waals surface area contributed by atoms with E-state index in [-0.39, 0.29) is 33.5 Å². The number of barbiturate groups is 1. The minimum absolute atomic E-state index is 0.103. The molecule has 0 atom stereocenters. The zero-order valence-corrected chi connectivity index (χ0v) is 18.2. The maximum Gasteiger partial charge on any atom is 0.335 e. The Labute approximate surface area is 193 Å². The number of imide groups is 2. The van der Waals surface area contributed by atoms with Crippen molar-refractivity contribution in [2.75, 3.05) is 4.90 Å². The van der Waals surface area contributed by atoms with Crippen LogP contribution < -0.4 is 10.2 Å². The molecule has 0 spiro atoms. The lowest BCUT2D eigenvalue weighted by Gasteiger charge is -2.26. The monoisotopic (exact) mass is 515 g/mol. The molecule has 4 amide bonds. The number of hydrogen-bond acceptors (Lipinski definition) is 6. The Bertz CT molecular complexity index is 1320. The van der Waals surface area contributed by atoms with Crippen molar-refractivity contribution in [3.8, 4) is 11.3 Å². The van der Waals surface area contributed by atoms with Crippen molar-refractivity contribution in [2.24, 2.45) is 0 Å². The number of nitro benzene ring substituents is 1. The Morgan fingerprint density at radius 1 is 1.06 bits per heavy atom. The second-order valence-electron chi connectivity index (χ2n) is 6.56. The molecular formula is C21H11BrClN3O6. The molecule has 0 bridgehead atoms. The van der Waals surface area contributed by atoms with Crippen LogP contribution in [0.3, 0.4) is 0 Å². The lowest BCUT2D eigenvalue weighted by atomic mass is 10.1. The van der Waals surface area contributed by atoms with Crippen LogP contribution in [0.15, 0.2) is 69.1 Å². The molecule has 32 heavy (non-hydrogen) atoms. The van der Waals surface area contributed by atoms with E-state index < -0.39 is 22.8 Å². The van der Waals surface area contributed by atoms with E-state index in [0.29, 0.717) is 5.56 Å². The lowest BCUT2D eigenvalue weighted by Crippen LogP contribution is -2.54. The molecule has 0 saturated carbocycles. The van der Waals surface area contributed by atoms with Crippen molar-refractivity contribution in [1.29, 1.82) is 0 Å². The number of halogens is 2. The molecular weight excluding hydrogens is 506 g/mol. The summed E-state index contributed by atoms with van der Waals surface area (Å²) in [6, 6.07) is 12.5. The summed E-state index contributed by atoms with van der Waals surface area (Å²) in [5, 5.41) is 13.1. The quantitative estimate of drug-likeness (QED) is 0.227. The van der Waals surface area contributed by atoms with Gasteiger partial charge in [0.15, 0.2) is 0 Å². The van der Waals surface area contributed by atoms with Crippen LogP contribution in [0.25, 0.3) is 17.4 Å². The number of non-ortho nitro benzene ring substituents is 1. The Morgan fingerprint density at radius 2 is 1.78 bits per heavy atom. The number of nitrogens with zero attached hydrogens (tertiary/aromatic N) is 2. The predicted molar refractivity (Wildman–Crippen MR) is 119 cm³/mol. The molecule has 160 valence electrons. The Hall–Kier alpha value is -3.76. The van der Waals surface area contributed by atoms with Crippen molar-refractivity contribution in [3.05, 3.63) is 85.5 Å². The summed E-state index contributed by atoms with van der Waals surface area (Å²) in [6.07, 6.45) is 1.21. The van der Waals surface area contributed by atoms with Crippen molar-refractivity contribution in [3.63, 3.8) is 0 Å². The maximum atomic E-state index is 12.9. The molecule has 0 unspecified atom stereocenters. The maximum absolute atomic E-state index is 12.9. The van der Waals surface area contributed by atoms with E-state index in [2.05, 4.69) is 21.2 Å². The molecule has 1 fully saturated rings. The number of furan rings is 1. The number of benzene rings is 2. The van der Waals surface area contributed by atoms with E-state index in [1.165, 1.54) is 30.3 Å². The molecule has 1 N–H and O–H groups in total. The fraction of sp³-hybridized carbons (Fsp3) is 0. The summed E-state index contributed by atoms with van der Waals surface area (Å²) < 4.78 is 6.42. The minimum Gasteiger partial charge on any atom is -0.457 e. The first-order chi connectivity index (χ1) is 15.2. The summed E-state index contributed by atoms with van der Waals surface area (Å²) in [4.78, 5) is 48.6.